The van der Waals surface area contributed by atoms with Gasteiger partial charge < -0.3 is 15.4 Å². The average Bonchev–Trinajstić information content (AvgIpc) is 2.60. The topological polar surface area (TPSA) is 89.2 Å². The molecule has 0 saturated carbocycles. The van der Waals surface area contributed by atoms with Crippen molar-refractivity contribution in [3.8, 4) is 0 Å². The van der Waals surface area contributed by atoms with Crippen molar-refractivity contribution < 1.29 is 18.7 Å². The van der Waals surface area contributed by atoms with Crippen molar-refractivity contribution in [1.29, 1.82) is 0 Å². The lowest BCUT2D eigenvalue weighted by Gasteiger charge is -2.25. The molecule has 0 unspecified atom stereocenters. The number of carbonyl (C=O) groups excluding carboxylic acids is 2. The van der Waals surface area contributed by atoms with Gasteiger partial charge in [-0.25, -0.2) is 4.39 Å². The van der Waals surface area contributed by atoms with Crippen molar-refractivity contribution in [3.63, 3.8) is 0 Å². The maximum atomic E-state index is 12.8. The van der Waals surface area contributed by atoms with Gasteiger partial charge in [-0.05, 0) is 25.1 Å². The van der Waals surface area contributed by atoms with Gasteiger partial charge in [0.2, 0.25) is 5.91 Å². The summed E-state index contributed by atoms with van der Waals surface area (Å²) in [5.41, 5.74) is 0.716. The van der Waals surface area contributed by atoms with E-state index in [1.807, 2.05) is 0 Å². The van der Waals surface area contributed by atoms with Crippen LogP contribution in [0.4, 0.5) is 4.39 Å². The summed E-state index contributed by atoms with van der Waals surface area (Å²) in [6.07, 6.45) is 3.57. The molecule has 0 saturated heterocycles. The van der Waals surface area contributed by atoms with Crippen LogP contribution < -0.4 is 10.0 Å². The second kappa shape index (κ2) is 8.18. The Labute approximate surface area is 144 Å². The largest absolute Gasteiger partial charge is 0.619 e. The zero-order chi connectivity index (χ0) is 18.4. The van der Waals surface area contributed by atoms with E-state index in [1.54, 1.807) is 14.0 Å². The first-order valence-corrected chi connectivity index (χ1v) is 7.70. The molecule has 25 heavy (non-hydrogen) atoms. The third kappa shape index (κ3) is 5.23. The highest BCUT2D eigenvalue weighted by molar-refractivity contribution is 5.93. The molecule has 7 nitrogen and oxygen atoms in total. The molecule has 1 atom stereocenters. The quantitative estimate of drug-likeness (QED) is 0.615. The number of nitrogens with one attached hydrogen (secondary N) is 1. The monoisotopic (exact) mass is 346 g/mol. The number of carbonyl (C=O) groups is 2. The highest BCUT2D eigenvalue weighted by Gasteiger charge is 2.18. The molecule has 0 fully saturated rings. The van der Waals surface area contributed by atoms with E-state index in [2.05, 4.69) is 10.3 Å². The van der Waals surface area contributed by atoms with Crippen molar-refractivity contribution in [2.75, 3.05) is 13.6 Å². The first kappa shape index (κ1) is 18.3. The molecule has 2 aromatic rings. The van der Waals surface area contributed by atoms with E-state index in [9.17, 15) is 19.2 Å². The third-order valence-corrected chi connectivity index (χ3v) is 3.77. The third-order valence-electron chi connectivity index (χ3n) is 3.77. The van der Waals surface area contributed by atoms with Crippen LogP contribution in [0.2, 0.25) is 0 Å². The Morgan fingerprint density at radius 3 is 2.80 bits per heavy atom. The maximum Gasteiger partial charge on any atom is 0.257 e. The van der Waals surface area contributed by atoms with Gasteiger partial charge in [0.1, 0.15) is 11.4 Å². The first-order valence-electron chi connectivity index (χ1n) is 7.70. The Kier molecular flexibility index (Phi) is 5.99. The van der Waals surface area contributed by atoms with Crippen molar-refractivity contribution in [2.24, 2.45) is 0 Å². The number of rotatable bonds is 6. The van der Waals surface area contributed by atoms with E-state index >= 15 is 0 Å². The van der Waals surface area contributed by atoms with Crippen LogP contribution in [0.15, 0.2) is 42.9 Å². The van der Waals surface area contributed by atoms with Gasteiger partial charge in [0.25, 0.3) is 5.91 Å². The van der Waals surface area contributed by atoms with Gasteiger partial charge in [-0.3, -0.25) is 14.6 Å². The van der Waals surface area contributed by atoms with E-state index in [0.29, 0.717) is 10.4 Å². The Balaban J connectivity index is 1.86. The molecule has 0 spiro atoms. The van der Waals surface area contributed by atoms with Crippen molar-refractivity contribution in [1.82, 2.24) is 15.2 Å². The van der Waals surface area contributed by atoms with Gasteiger partial charge in [-0.2, -0.15) is 4.73 Å². The summed E-state index contributed by atoms with van der Waals surface area (Å²) in [5.74, 6) is -1.04. The summed E-state index contributed by atoms with van der Waals surface area (Å²) in [6.45, 7) is 2.01. The number of hydrogen-bond donors (Lipinski definition) is 1. The fraction of sp³-hybridized carbons (Fsp3) is 0.294. The van der Waals surface area contributed by atoms with Gasteiger partial charge >= 0.3 is 0 Å². The lowest BCUT2D eigenvalue weighted by Crippen LogP contribution is -2.44. The average molecular weight is 346 g/mol. The lowest BCUT2D eigenvalue weighted by molar-refractivity contribution is -0.605. The highest BCUT2D eigenvalue weighted by atomic mass is 19.1. The minimum absolute atomic E-state index is 0.0456. The Bertz CT molecular complexity index is 752. The van der Waals surface area contributed by atoms with Crippen LogP contribution >= 0.6 is 0 Å². The van der Waals surface area contributed by atoms with Crippen molar-refractivity contribution in [2.45, 2.75) is 19.4 Å². The minimum atomic E-state index is -0.457. The Hall–Kier alpha value is -3.03. The summed E-state index contributed by atoms with van der Waals surface area (Å²) < 4.78 is 13.4. The number of aromatic nitrogens is 2. The van der Waals surface area contributed by atoms with Crippen molar-refractivity contribution in [3.05, 3.63) is 65.1 Å². The second-order valence-electron chi connectivity index (χ2n) is 5.66. The summed E-state index contributed by atoms with van der Waals surface area (Å²) in [5, 5.41) is 13.9. The van der Waals surface area contributed by atoms with Gasteiger partial charge in [0.05, 0.1) is 12.6 Å². The zero-order valence-corrected chi connectivity index (χ0v) is 14.0. The van der Waals surface area contributed by atoms with Crippen LogP contribution in [0.25, 0.3) is 0 Å². The predicted octanol–water partition coefficient (Wildman–Crippen LogP) is 0.674. The number of halogens is 1. The van der Waals surface area contributed by atoms with Gasteiger partial charge in [-0.1, -0.05) is 0 Å². The second-order valence-corrected chi connectivity index (χ2v) is 5.66. The lowest BCUT2D eigenvalue weighted by atomic mass is 10.2. The SMILES string of the molecule is C[C@@H](CNC(=O)c1ccc[n+]([O-])c1)N(C)C(=O)Cc1ccc(F)cn1. The number of hydrogen-bond acceptors (Lipinski definition) is 4. The summed E-state index contributed by atoms with van der Waals surface area (Å²) in [7, 11) is 1.62. The van der Waals surface area contributed by atoms with Gasteiger partial charge in [-0.15, -0.1) is 0 Å². The van der Waals surface area contributed by atoms with Crippen molar-refractivity contribution >= 4 is 11.8 Å². The molecule has 1 N–H and O–H groups in total. The Morgan fingerprint density at radius 2 is 2.16 bits per heavy atom. The standard InChI is InChI=1S/C17H19FN4O3/c1-12(9-20-17(24)13-4-3-7-22(25)11-13)21(2)16(23)8-15-6-5-14(18)10-19-15/h3-7,10-12H,8-9H2,1-2H3,(H,20,24)/t12-/m0/s1. The van der Waals surface area contributed by atoms with E-state index in [4.69, 9.17) is 0 Å². The van der Waals surface area contributed by atoms with E-state index in [-0.39, 0.29) is 30.5 Å². The molecule has 2 aromatic heterocycles. The minimum Gasteiger partial charge on any atom is -0.619 e. The molecule has 2 heterocycles. The van der Waals surface area contributed by atoms with E-state index in [1.165, 1.54) is 41.6 Å². The molecule has 0 radical (unpaired) electrons. The molecule has 2 rings (SSSR count). The number of likely N-dealkylation sites (N-methyl/N-ethyl adjacent to an activating group) is 1. The van der Waals surface area contributed by atoms with Crippen LogP contribution in [0.5, 0.6) is 0 Å². The molecular weight excluding hydrogens is 327 g/mol. The molecule has 0 aliphatic carbocycles. The smallest absolute Gasteiger partial charge is 0.257 e. The molecular formula is C17H19FN4O3. The number of amides is 2. The van der Waals surface area contributed by atoms with Gasteiger partial charge in [0, 0.05) is 31.4 Å². The summed E-state index contributed by atoms with van der Waals surface area (Å²) in [6, 6.07) is 5.46. The van der Waals surface area contributed by atoms with E-state index in [0.717, 1.165) is 6.20 Å². The highest BCUT2D eigenvalue weighted by Crippen LogP contribution is 2.04. The van der Waals surface area contributed by atoms with Crippen LogP contribution in [-0.4, -0.2) is 41.3 Å². The van der Waals surface area contributed by atoms with Crippen LogP contribution in [0.3, 0.4) is 0 Å². The number of pyridine rings is 2. The normalized spacial score (nSPS) is 11.6. The molecule has 2 amide bonds. The first-order chi connectivity index (χ1) is 11.9. The van der Waals surface area contributed by atoms with Gasteiger partial charge in [0.15, 0.2) is 12.4 Å². The van der Waals surface area contributed by atoms with Crippen LogP contribution in [-0.2, 0) is 11.2 Å². The summed E-state index contributed by atoms with van der Waals surface area (Å²) >= 11 is 0. The Morgan fingerprint density at radius 1 is 1.40 bits per heavy atom. The molecule has 0 aromatic carbocycles. The molecule has 0 aliphatic rings. The predicted molar refractivity (Wildman–Crippen MR) is 87.9 cm³/mol. The molecule has 8 heteroatoms. The number of nitrogens with zero attached hydrogens (tertiary/aromatic N) is 3. The van der Waals surface area contributed by atoms with E-state index < -0.39 is 11.7 Å². The summed E-state index contributed by atoms with van der Waals surface area (Å²) in [4.78, 5) is 29.6. The molecule has 0 aliphatic heterocycles. The molecule has 132 valence electrons. The zero-order valence-electron chi connectivity index (χ0n) is 14.0. The fourth-order valence-corrected chi connectivity index (χ4v) is 2.10. The fourth-order valence-electron chi connectivity index (χ4n) is 2.10. The van der Waals surface area contributed by atoms with Crippen LogP contribution in [0.1, 0.15) is 23.0 Å². The van der Waals surface area contributed by atoms with Crippen LogP contribution in [0, 0.1) is 11.0 Å². The maximum absolute atomic E-state index is 12.8. The molecule has 0 bridgehead atoms.